The van der Waals surface area contributed by atoms with Crippen molar-refractivity contribution in [1.82, 2.24) is 5.48 Å². The van der Waals surface area contributed by atoms with Gasteiger partial charge in [-0.3, -0.25) is 10.0 Å². The molecule has 0 heterocycles. The normalized spacial score (nSPS) is 9.50. The molecule has 1 rings (SSSR count). The van der Waals surface area contributed by atoms with E-state index in [4.69, 9.17) is 21.9 Å². The molecule has 5 heteroatoms. The lowest BCUT2D eigenvalue weighted by Gasteiger charge is -2.01. The fourth-order valence-electron chi connectivity index (χ4n) is 0.747. The summed E-state index contributed by atoms with van der Waals surface area (Å²) in [6.07, 6.45) is 0. The van der Waals surface area contributed by atoms with Gasteiger partial charge >= 0.3 is 0 Å². The Hall–Kier alpha value is -1.26. The van der Waals surface area contributed by atoms with Gasteiger partial charge in [-0.2, -0.15) is 0 Å². The number of rotatable bonds is 1. The summed E-state index contributed by atoms with van der Waals surface area (Å²) in [5.41, 5.74) is 1.44. The minimum Gasteiger partial charge on any atom is -0.508 e. The van der Waals surface area contributed by atoms with Crippen LogP contribution in [-0.2, 0) is 0 Å². The van der Waals surface area contributed by atoms with E-state index in [0.717, 1.165) is 6.07 Å². The Labute approximate surface area is 73.4 Å². The van der Waals surface area contributed by atoms with E-state index in [0.29, 0.717) is 0 Å². The zero-order valence-electron chi connectivity index (χ0n) is 5.91. The first-order valence-corrected chi connectivity index (χ1v) is 3.46. The second kappa shape index (κ2) is 3.42. The minimum atomic E-state index is -0.754. The Kier molecular flexibility index (Phi) is 2.52. The Balaban J connectivity index is 3.13. The highest BCUT2D eigenvalue weighted by atomic mass is 35.5. The summed E-state index contributed by atoms with van der Waals surface area (Å²) >= 11 is 5.59. The zero-order valence-corrected chi connectivity index (χ0v) is 6.67. The molecule has 0 radical (unpaired) electrons. The van der Waals surface area contributed by atoms with Crippen LogP contribution in [0.2, 0.25) is 5.02 Å². The van der Waals surface area contributed by atoms with Crippen molar-refractivity contribution in [3.8, 4) is 5.75 Å². The lowest BCUT2D eigenvalue weighted by molar-refractivity contribution is 0.0706. The van der Waals surface area contributed by atoms with Crippen LogP contribution in [0, 0.1) is 0 Å². The molecular formula is C7H6ClNO3. The highest BCUT2D eigenvalue weighted by molar-refractivity contribution is 6.33. The molecule has 0 aliphatic heterocycles. The van der Waals surface area contributed by atoms with Crippen molar-refractivity contribution in [2.24, 2.45) is 0 Å². The monoisotopic (exact) mass is 187 g/mol. The minimum absolute atomic E-state index is 0.0270. The Bertz CT molecular complexity index is 314. The standard InChI is InChI=1S/C7H6ClNO3/c8-6-2-1-4(10)3-5(6)7(11)9-12/h1-3,10,12H,(H,9,11). The molecule has 0 aromatic heterocycles. The molecule has 0 aliphatic rings. The average molecular weight is 188 g/mol. The van der Waals surface area contributed by atoms with Crippen molar-refractivity contribution < 1.29 is 15.1 Å². The molecule has 1 amide bonds. The van der Waals surface area contributed by atoms with Gasteiger partial charge in [0.15, 0.2) is 0 Å². The topological polar surface area (TPSA) is 69.6 Å². The lowest BCUT2D eigenvalue weighted by Crippen LogP contribution is -2.18. The van der Waals surface area contributed by atoms with Gasteiger partial charge in [0.25, 0.3) is 5.91 Å². The molecule has 0 aliphatic carbocycles. The quantitative estimate of drug-likeness (QED) is 0.457. The van der Waals surface area contributed by atoms with Gasteiger partial charge in [0, 0.05) is 0 Å². The van der Waals surface area contributed by atoms with Crippen molar-refractivity contribution in [2.45, 2.75) is 0 Å². The molecule has 64 valence electrons. The van der Waals surface area contributed by atoms with Crippen molar-refractivity contribution >= 4 is 17.5 Å². The van der Waals surface area contributed by atoms with Crippen LogP contribution in [0.25, 0.3) is 0 Å². The van der Waals surface area contributed by atoms with Gasteiger partial charge in [-0.05, 0) is 18.2 Å². The maximum Gasteiger partial charge on any atom is 0.276 e. The van der Waals surface area contributed by atoms with E-state index in [1.165, 1.54) is 17.6 Å². The third-order valence-corrected chi connectivity index (χ3v) is 1.63. The van der Waals surface area contributed by atoms with Gasteiger partial charge in [-0.1, -0.05) is 11.6 Å². The maximum absolute atomic E-state index is 10.8. The number of nitrogens with one attached hydrogen (secondary N) is 1. The Morgan fingerprint density at radius 1 is 1.50 bits per heavy atom. The summed E-state index contributed by atoms with van der Waals surface area (Å²) in [4.78, 5) is 10.8. The molecule has 1 aromatic rings. The van der Waals surface area contributed by atoms with Crippen LogP contribution in [0.3, 0.4) is 0 Å². The molecule has 12 heavy (non-hydrogen) atoms. The van der Waals surface area contributed by atoms with Gasteiger partial charge in [0.1, 0.15) is 5.75 Å². The van der Waals surface area contributed by atoms with Gasteiger partial charge in [0.2, 0.25) is 0 Å². The number of benzene rings is 1. The summed E-state index contributed by atoms with van der Waals surface area (Å²) in [5.74, 6) is -0.839. The fourth-order valence-corrected chi connectivity index (χ4v) is 0.951. The highest BCUT2D eigenvalue weighted by Crippen LogP contribution is 2.20. The van der Waals surface area contributed by atoms with Crippen LogP contribution in [0.5, 0.6) is 5.75 Å². The van der Waals surface area contributed by atoms with E-state index in [-0.39, 0.29) is 16.3 Å². The third-order valence-electron chi connectivity index (χ3n) is 1.30. The third kappa shape index (κ3) is 1.66. The first kappa shape index (κ1) is 8.83. The number of amides is 1. The van der Waals surface area contributed by atoms with E-state index in [2.05, 4.69) is 0 Å². The molecule has 0 spiro atoms. The van der Waals surface area contributed by atoms with E-state index in [1.54, 1.807) is 0 Å². The summed E-state index contributed by atoms with van der Waals surface area (Å²) in [6, 6.07) is 3.87. The second-order valence-electron chi connectivity index (χ2n) is 2.11. The highest BCUT2D eigenvalue weighted by Gasteiger charge is 2.09. The second-order valence-corrected chi connectivity index (χ2v) is 2.51. The first-order chi connectivity index (χ1) is 5.65. The van der Waals surface area contributed by atoms with Crippen LogP contribution < -0.4 is 5.48 Å². The molecule has 0 unspecified atom stereocenters. The summed E-state index contributed by atoms with van der Waals surface area (Å²) in [7, 11) is 0. The molecule has 0 saturated heterocycles. The molecule has 0 saturated carbocycles. The van der Waals surface area contributed by atoms with Crippen LogP contribution in [0.1, 0.15) is 10.4 Å². The van der Waals surface area contributed by atoms with Crippen molar-refractivity contribution in [3.05, 3.63) is 28.8 Å². The zero-order chi connectivity index (χ0) is 9.14. The maximum atomic E-state index is 10.8. The Morgan fingerprint density at radius 3 is 2.75 bits per heavy atom. The van der Waals surface area contributed by atoms with E-state index < -0.39 is 5.91 Å². The Morgan fingerprint density at radius 2 is 2.17 bits per heavy atom. The molecule has 3 N–H and O–H groups in total. The lowest BCUT2D eigenvalue weighted by atomic mass is 10.2. The van der Waals surface area contributed by atoms with Crippen LogP contribution in [0.4, 0.5) is 0 Å². The number of halogens is 1. The predicted molar refractivity (Wildman–Crippen MR) is 42.4 cm³/mol. The smallest absolute Gasteiger partial charge is 0.276 e. The SMILES string of the molecule is O=C(NO)c1cc(O)ccc1Cl. The van der Waals surface area contributed by atoms with Crippen LogP contribution in [0.15, 0.2) is 18.2 Å². The molecular weight excluding hydrogens is 182 g/mol. The van der Waals surface area contributed by atoms with Gasteiger partial charge in [-0.15, -0.1) is 0 Å². The van der Waals surface area contributed by atoms with E-state index in [1.807, 2.05) is 0 Å². The summed E-state index contributed by atoms with van der Waals surface area (Å²) in [6.45, 7) is 0. The molecule has 0 atom stereocenters. The predicted octanol–water partition coefficient (Wildman–Crippen LogP) is 1.16. The molecule has 1 aromatic carbocycles. The van der Waals surface area contributed by atoms with Gasteiger partial charge < -0.3 is 5.11 Å². The molecule has 0 bridgehead atoms. The number of phenolic OH excluding ortho intramolecular Hbond substituents is 1. The number of hydrogen-bond acceptors (Lipinski definition) is 3. The van der Waals surface area contributed by atoms with Crippen molar-refractivity contribution in [2.75, 3.05) is 0 Å². The fraction of sp³-hybridized carbons (Fsp3) is 0. The molecule has 4 nitrogen and oxygen atoms in total. The van der Waals surface area contributed by atoms with Crippen LogP contribution >= 0.6 is 11.6 Å². The van der Waals surface area contributed by atoms with E-state index >= 15 is 0 Å². The number of carbonyl (C=O) groups is 1. The first-order valence-electron chi connectivity index (χ1n) is 3.08. The van der Waals surface area contributed by atoms with Crippen molar-refractivity contribution in [1.29, 1.82) is 0 Å². The number of hydrogen-bond donors (Lipinski definition) is 3. The molecule has 0 fully saturated rings. The number of aromatic hydroxyl groups is 1. The van der Waals surface area contributed by atoms with Crippen LogP contribution in [-0.4, -0.2) is 16.2 Å². The number of phenols is 1. The van der Waals surface area contributed by atoms with E-state index in [9.17, 15) is 4.79 Å². The van der Waals surface area contributed by atoms with Gasteiger partial charge in [-0.25, -0.2) is 5.48 Å². The van der Waals surface area contributed by atoms with Crippen molar-refractivity contribution in [3.63, 3.8) is 0 Å². The summed E-state index contributed by atoms with van der Waals surface area (Å²) in [5, 5.41) is 17.4. The largest absolute Gasteiger partial charge is 0.508 e. The number of hydroxylamine groups is 1. The number of carbonyl (C=O) groups excluding carboxylic acids is 1. The summed E-state index contributed by atoms with van der Waals surface area (Å²) < 4.78 is 0. The average Bonchev–Trinajstić information content (AvgIpc) is 2.08. The van der Waals surface area contributed by atoms with Gasteiger partial charge in [0.05, 0.1) is 10.6 Å².